The summed E-state index contributed by atoms with van der Waals surface area (Å²) >= 11 is 0. The molecule has 4 rings (SSSR count). The highest BCUT2D eigenvalue weighted by atomic mass is 16.7. The van der Waals surface area contributed by atoms with Gasteiger partial charge in [-0.05, 0) is 42.7 Å². The van der Waals surface area contributed by atoms with Crippen LogP contribution in [0.1, 0.15) is 18.4 Å². The van der Waals surface area contributed by atoms with Crippen LogP contribution in [0.4, 0.5) is 16.2 Å². The molecule has 0 bridgehead atoms. The van der Waals surface area contributed by atoms with E-state index in [0.29, 0.717) is 30.3 Å². The molecule has 0 unspecified atom stereocenters. The van der Waals surface area contributed by atoms with Crippen LogP contribution in [0.25, 0.3) is 0 Å². The molecule has 2 aromatic rings. The number of hydrogen-bond acceptors (Lipinski definition) is 5. The number of amides is 2. The fraction of sp³-hybridized carbons (Fsp3) is 0.409. The van der Waals surface area contributed by atoms with Gasteiger partial charge < -0.3 is 29.3 Å². The number of nitrogens with one attached hydrogen (secondary N) is 1. The SMILES string of the molecule is CN(C)c1ccc(CN(C[C@H]2CCCO2)C(=O)Nc2ccc3c(c2)OCO3)cc1. The van der Waals surface area contributed by atoms with Crippen molar-refractivity contribution >= 4 is 17.4 Å². The molecule has 0 saturated carbocycles. The van der Waals surface area contributed by atoms with Crippen LogP contribution in [-0.2, 0) is 11.3 Å². The summed E-state index contributed by atoms with van der Waals surface area (Å²) in [5.41, 5.74) is 2.89. The van der Waals surface area contributed by atoms with Gasteiger partial charge in [-0.25, -0.2) is 4.79 Å². The molecule has 154 valence electrons. The molecule has 1 N–H and O–H groups in total. The molecule has 29 heavy (non-hydrogen) atoms. The number of urea groups is 1. The molecule has 7 nitrogen and oxygen atoms in total. The molecule has 2 amide bonds. The Hall–Kier alpha value is -2.93. The summed E-state index contributed by atoms with van der Waals surface area (Å²) in [5, 5.41) is 2.98. The first kappa shape index (κ1) is 19.4. The van der Waals surface area contributed by atoms with Crippen molar-refractivity contribution in [1.29, 1.82) is 0 Å². The van der Waals surface area contributed by atoms with Crippen molar-refractivity contribution in [2.75, 3.05) is 44.3 Å². The van der Waals surface area contributed by atoms with Gasteiger partial charge in [-0.2, -0.15) is 0 Å². The van der Waals surface area contributed by atoms with E-state index in [-0.39, 0.29) is 18.9 Å². The van der Waals surface area contributed by atoms with Gasteiger partial charge >= 0.3 is 6.03 Å². The lowest BCUT2D eigenvalue weighted by molar-refractivity contribution is 0.0819. The fourth-order valence-corrected chi connectivity index (χ4v) is 3.55. The number of fused-ring (bicyclic) bond motifs is 1. The first-order valence-electron chi connectivity index (χ1n) is 9.92. The van der Waals surface area contributed by atoms with Gasteiger partial charge in [-0.1, -0.05) is 12.1 Å². The largest absolute Gasteiger partial charge is 0.454 e. The van der Waals surface area contributed by atoms with Gasteiger partial charge in [-0.3, -0.25) is 0 Å². The molecule has 2 aliphatic rings. The third kappa shape index (κ3) is 4.74. The van der Waals surface area contributed by atoms with E-state index in [0.717, 1.165) is 30.7 Å². The smallest absolute Gasteiger partial charge is 0.322 e. The van der Waals surface area contributed by atoms with Crippen LogP contribution in [0.3, 0.4) is 0 Å². The molecule has 7 heteroatoms. The minimum atomic E-state index is -0.156. The van der Waals surface area contributed by atoms with Crippen molar-refractivity contribution < 1.29 is 19.0 Å². The van der Waals surface area contributed by atoms with E-state index in [1.807, 2.05) is 31.1 Å². The summed E-state index contributed by atoms with van der Waals surface area (Å²) in [5.74, 6) is 1.34. The molecule has 0 aliphatic carbocycles. The van der Waals surface area contributed by atoms with Crippen LogP contribution in [0.5, 0.6) is 11.5 Å². The zero-order valence-electron chi connectivity index (χ0n) is 16.9. The summed E-state index contributed by atoms with van der Waals surface area (Å²) in [6.45, 7) is 2.05. The highest BCUT2D eigenvalue weighted by molar-refractivity contribution is 5.89. The topological polar surface area (TPSA) is 63.3 Å². The monoisotopic (exact) mass is 397 g/mol. The molecule has 2 aliphatic heterocycles. The molecule has 1 saturated heterocycles. The number of hydrogen-bond donors (Lipinski definition) is 1. The molecule has 0 aromatic heterocycles. The Kier molecular flexibility index (Phi) is 5.76. The van der Waals surface area contributed by atoms with Gasteiger partial charge in [-0.15, -0.1) is 0 Å². The van der Waals surface area contributed by atoms with Crippen LogP contribution in [0.2, 0.25) is 0 Å². The quantitative estimate of drug-likeness (QED) is 0.805. The van der Waals surface area contributed by atoms with E-state index in [1.54, 1.807) is 6.07 Å². The Labute approximate surface area is 171 Å². The Balaban J connectivity index is 1.47. The van der Waals surface area contributed by atoms with Crippen molar-refractivity contribution in [3.63, 3.8) is 0 Å². The Morgan fingerprint density at radius 3 is 2.62 bits per heavy atom. The maximum absolute atomic E-state index is 13.1. The lowest BCUT2D eigenvalue weighted by Gasteiger charge is -2.26. The Bertz CT molecular complexity index is 848. The highest BCUT2D eigenvalue weighted by Gasteiger charge is 2.23. The van der Waals surface area contributed by atoms with E-state index in [1.165, 1.54) is 0 Å². The average molecular weight is 397 g/mol. The van der Waals surface area contributed by atoms with Gasteiger partial charge in [0.05, 0.1) is 6.10 Å². The molecular formula is C22H27N3O4. The zero-order valence-corrected chi connectivity index (χ0v) is 16.9. The van der Waals surface area contributed by atoms with Crippen LogP contribution in [0.15, 0.2) is 42.5 Å². The number of ether oxygens (including phenoxy) is 3. The molecular weight excluding hydrogens is 370 g/mol. The van der Waals surface area contributed by atoms with E-state index in [2.05, 4.69) is 34.5 Å². The first-order chi connectivity index (χ1) is 14.1. The van der Waals surface area contributed by atoms with Crippen LogP contribution in [-0.4, -0.2) is 51.1 Å². The van der Waals surface area contributed by atoms with Crippen molar-refractivity contribution in [3.8, 4) is 11.5 Å². The predicted molar refractivity (Wildman–Crippen MR) is 112 cm³/mol. The van der Waals surface area contributed by atoms with Gasteiger partial charge in [0, 0.05) is 51.2 Å². The standard InChI is InChI=1S/C22H27N3O4/c1-24(2)18-8-5-16(6-9-18)13-25(14-19-4-3-11-27-19)22(26)23-17-7-10-20-21(12-17)29-15-28-20/h5-10,12,19H,3-4,11,13-15H2,1-2H3,(H,23,26)/t19-/m1/s1. The van der Waals surface area contributed by atoms with Gasteiger partial charge in [0.25, 0.3) is 0 Å². The molecule has 2 heterocycles. The number of nitrogens with zero attached hydrogens (tertiary/aromatic N) is 2. The lowest BCUT2D eigenvalue weighted by Crippen LogP contribution is -2.39. The van der Waals surface area contributed by atoms with E-state index in [4.69, 9.17) is 14.2 Å². The number of carbonyl (C=O) groups excluding carboxylic acids is 1. The van der Waals surface area contributed by atoms with Crippen LogP contribution >= 0.6 is 0 Å². The lowest BCUT2D eigenvalue weighted by atomic mass is 10.1. The minimum absolute atomic E-state index is 0.0820. The van der Waals surface area contributed by atoms with Gasteiger partial charge in [0.2, 0.25) is 6.79 Å². The second-order valence-corrected chi connectivity index (χ2v) is 7.57. The normalized spacial score (nSPS) is 17.2. The second kappa shape index (κ2) is 8.61. The second-order valence-electron chi connectivity index (χ2n) is 7.57. The first-order valence-corrected chi connectivity index (χ1v) is 9.92. The Morgan fingerprint density at radius 1 is 1.10 bits per heavy atom. The number of anilines is 2. The van der Waals surface area contributed by atoms with Gasteiger partial charge in [0.1, 0.15) is 0 Å². The average Bonchev–Trinajstić information content (AvgIpc) is 3.39. The van der Waals surface area contributed by atoms with E-state index in [9.17, 15) is 4.79 Å². The molecule has 0 radical (unpaired) electrons. The maximum Gasteiger partial charge on any atom is 0.322 e. The van der Waals surface area contributed by atoms with Crippen molar-refractivity contribution in [2.24, 2.45) is 0 Å². The number of carbonyl (C=O) groups is 1. The number of rotatable bonds is 6. The van der Waals surface area contributed by atoms with Crippen molar-refractivity contribution in [1.82, 2.24) is 4.90 Å². The van der Waals surface area contributed by atoms with Crippen molar-refractivity contribution in [2.45, 2.75) is 25.5 Å². The molecule has 1 atom stereocenters. The fourth-order valence-electron chi connectivity index (χ4n) is 3.55. The molecule has 2 aromatic carbocycles. The summed E-state index contributed by atoms with van der Waals surface area (Å²) < 4.78 is 16.5. The van der Waals surface area contributed by atoms with Crippen molar-refractivity contribution in [3.05, 3.63) is 48.0 Å². The predicted octanol–water partition coefficient (Wildman–Crippen LogP) is 3.69. The third-order valence-corrected chi connectivity index (χ3v) is 5.19. The summed E-state index contributed by atoms with van der Waals surface area (Å²) in [4.78, 5) is 16.9. The zero-order chi connectivity index (χ0) is 20.2. The summed E-state index contributed by atoms with van der Waals surface area (Å²) in [6, 6.07) is 13.5. The maximum atomic E-state index is 13.1. The van der Waals surface area contributed by atoms with E-state index < -0.39 is 0 Å². The summed E-state index contributed by atoms with van der Waals surface area (Å²) in [6.07, 6.45) is 2.10. The highest BCUT2D eigenvalue weighted by Crippen LogP contribution is 2.34. The third-order valence-electron chi connectivity index (χ3n) is 5.19. The summed E-state index contributed by atoms with van der Waals surface area (Å²) in [7, 11) is 4.02. The minimum Gasteiger partial charge on any atom is -0.454 e. The molecule has 0 spiro atoms. The molecule has 1 fully saturated rings. The van der Waals surface area contributed by atoms with Gasteiger partial charge in [0.15, 0.2) is 11.5 Å². The Morgan fingerprint density at radius 2 is 1.90 bits per heavy atom. The van der Waals surface area contributed by atoms with E-state index >= 15 is 0 Å². The number of benzene rings is 2. The van der Waals surface area contributed by atoms with Crippen LogP contribution < -0.4 is 19.7 Å². The van der Waals surface area contributed by atoms with Crippen LogP contribution in [0, 0.1) is 0 Å².